The number of ketones is 1. The van der Waals surface area contributed by atoms with E-state index in [0.717, 1.165) is 0 Å². The molecule has 166 valence electrons. The Morgan fingerprint density at radius 1 is 1.22 bits per heavy atom. The molecule has 1 unspecified atom stereocenters. The molecule has 3 heterocycles. The number of benzene rings is 1. The van der Waals surface area contributed by atoms with E-state index in [4.69, 9.17) is 9.47 Å². The number of hydrogen-bond acceptors (Lipinski definition) is 9. The monoisotopic (exact) mass is 456 g/mol. The van der Waals surface area contributed by atoms with E-state index in [2.05, 4.69) is 15.3 Å². The van der Waals surface area contributed by atoms with Crippen molar-refractivity contribution in [1.82, 2.24) is 9.97 Å². The Morgan fingerprint density at radius 2 is 1.97 bits per heavy atom. The van der Waals surface area contributed by atoms with Gasteiger partial charge in [-0.25, -0.2) is 4.98 Å². The lowest BCUT2D eigenvalue weighted by molar-refractivity contribution is -0.385. The highest BCUT2D eigenvalue weighted by Crippen LogP contribution is 2.49. The van der Waals surface area contributed by atoms with Crippen LogP contribution in [0.5, 0.6) is 11.5 Å². The van der Waals surface area contributed by atoms with Gasteiger partial charge in [-0.05, 0) is 18.9 Å². The van der Waals surface area contributed by atoms with E-state index in [-0.39, 0.29) is 40.4 Å². The molecule has 3 aliphatic rings. The third-order valence-electron chi connectivity index (χ3n) is 5.61. The fourth-order valence-corrected chi connectivity index (χ4v) is 5.11. The number of rotatable bonds is 4. The number of H-pyrrole nitrogens is 1. The third-order valence-corrected chi connectivity index (χ3v) is 6.50. The molecule has 2 N–H and O–H groups in total. The SMILES string of the molecule is CC(C)Sc1nc2c(c(=O)[nH]1)C(c1cc3c(cc1[N+](=O)[O-])OCO3)C1=C(CCCC1=O)N2. The van der Waals surface area contributed by atoms with Gasteiger partial charge in [-0.3, -0.25) is 19.7 Å². The number of carbonyl (C=O) groups is 1. The minimum Gasteiger partial charge on any atom is -0.454 e. The number of thioether (sulfide) groups is 1. The fraction of sp³-hybridized carbons (Fsp3) is 0.381. The molecular formula is C21H20N4O6S. The van der Waals surface area contributed by atoms with Crippen molar-refractivity contribution in [2.75, 3.05) is 12.1 Å². The number of nitrogens with zero attached hydrogens (tertiary/aromatic N) is 2. The average molecular weight is 456 g/mol. The van der Waals surface area contributed by atoms with E-state index >= 15 is 0 Å². The zero-order valence-electron chi connectivity index (χ0n) is 17.4. The van der Waals surface area contributed by atoms with Crippen LogP contribution < -0.4 is 20.3 Å². The van der Waals surface area contributed by atoms with Crippen molar-refractivity contribution in [2.24, 2.45) is 0 Å². The molecule has 0 bridgehead atoms. The Labute approximate surface area is 186 Å². The van der Waals surface area contributed by atoms with Crippen molar-refractivity contribution in [3.8, 4) is 11.5 Å². The first-order valence-corrected chi connectivity index (χ1v) is 11.1. The molecule has 32 heavy (non-hydrogen) atoms. The molecule has 1 atom stereocenters. The maximum absolute atomic E-state index is 13.2. The second-order valence-corrected chi connectivity index (χ2v) is 9.61. The number of ether oxygens (including phenoxy) is 2. The van der Waals surface area contributed by atoms with Crippen molar-refractivity contribution in [3.05, 3.63) is 55.0 Å². The molecule has 0 saturated heterocycles. The van der Waals surface area contributed by atoms with Crippen LogP contribution in [0.4, 0.5) is 11.5 Å². The van der Waals surface area contributed by atoms with Crippen molar-refractivity contribution in [1.29, 1.82) is 0 Å². The second kappa shape index (κ2) is 7.66. The van der Waals surface area contributed by atoms with Gasteiger partial charge in [-0.1, -0.05) is 25.6 Å². The van der Waals surface area contributed by atoms with Crippen LogP contribution in [0.25, 0.3) is 0 Å². The number of hydrogen-bond donors (Lipinski definition) is 2. The van der Waals surface area contributed by atoms with Gasteiger partial charge in [0.25, 0.3) is 11.2 Å². The van der Waals surface area contributed by atoms with Crippen LogP contribution in [0.3, 0.4) is 0 Å². The van der Waals surface area contributed by atoms with Gasteiger partial charge in [0.05, 0.1) is 22.5 Å². The lowest BCUT2D eigenvalue weighted by Crippen LogP contribution is -2.33. The number of nitro groups is 1. The highest BCUT2D eigenvalue weighted by atomic mass is 32.2. The number of allylic oxidation sites excluding steroid dienone is 2. The molecule has 0 spiro atoms. The molecule has 0 amide bonds. The first kappa shape index (κ1) is 20.6. The highest BCUT2D eigenvalue weighted by Gasteiger charge is 2.41. The van der Waals surface area contributed by atoms with Gasteiger partial charge in [0, 0.05) is 28.5 Å². The smallest absolute Gasteiger partial charge is 0.277 e. The number of nitro benzene ring substituents is 1. The summed E-state index contributed by atoms with van der Waals surface area (Å²) in [6, 6.07) is 2.79. The molecule has 1 aromatic heterocycles. The molecule has 0 fully saturated rings. The van der Waals surface area contributed by atoms with E-state index in [9.17, 15) is 19.7 Å². The van der Waals surface area contributed by atoms with Crippen molar-refractivity contribution in [2.45, 2.75) is 49.4 Å². The summed E-state index contributed by atoms with van der Waals surface area (Å²) in [4.78, 5) is 45.0. The Hall–Kier alpha value is -3.34. The first-order valence-electron chi connectivity index (χ1n) is 10.3. The van der Waals surface area contributed by atoms with Crippen LogP contribution in [0, 0.1) is 10.1 Å². The Balaban J connectivity index is 1.78. The Morgan fingerprint density at radius 3 is 2.69 bits per heavy atom. The average Bonchev–Trinajstić information content (AvgIpc) is 3.18. The molecule has 1 aromatic carbocycles. The van der Waals surface area contributed by atoms with Crippen molar-refractivity contribution >= 4 is 29.1 Å². The van der Waals surface area contributed by atoms with Crippen LogP contribution >= 0.6 is 11.8 Å². The summed E-state index contributed by atoms with van der Waals surface area (Å²) in [5, 5.41) is 15.8. The quantitative estimate of drug-likeness (QED) is 0.307. The molecule has 2 aromatic rings. The van der Waals surface area contributed by atoms with E-state index in [1.165, 1.54) is 23.9 Å². The summed E-state index contributed by atoms with van der Waals surface area (Å²) in [5.41, 5.74) is 0.756. The molecule has 5 rings (SSSR count). The number of aromatic nitrogens is 2. The fourth-order valence-electron chi connectivity index (χ4n) is 4.37. The summed E-state index contributed by atoms with van der Waals surface area (Å²) in [5.74, 6) is -0.149. The summed E-state index contributed by atoms with van der Waals surface area (Å²) < 4.78 is 10.7. The molecule has 2 aliphatic heterocycles. The topological polar surface area (TPSA) is 136 Å². The van der Waals surface area contributed by atoms with Crippen LogP contribution in [-0.4, -0.2) is 32.7 Å². The van der Waals surface area contributed by atoms with Crippen LogP contribution in [-0.2, 0) is 4.79 Å². The maximum Gasteiger partial charge on any atom is 0.277 e. The Kier molecular flexibility index (Phi) is 4.92. The van der Waals surface area contributed by atoms with Gasteiger partial charge in [-0.15, -0.1) is 0 Å². The predicted octanol–water partition coefficient (Wildman–Crippen LogP) is 3.47. The molecule has 1 aliphatic carbocycles. The lowest BCUT2D eigenvalue weighted by Gasteiger charge is -2.32. The van der Waals surface area contributed by atoms with Gasteiger partial charge in [-0.2, -0.15) is 0 Å². The van der Waals surface area contributed by atoms with E-state index < -0.39 is 16.4 Å². The minimum atomic E-state index is -0.932. The first-order chi connectivity index (χ1) is 15.3. The third kappa shape index (κ3) is 3.32. The molecule has 10 nitrogen and oxygen atoms in total. The summed E-state index contributed by atoms with van der Waals surface area (Å²) in [6.45, 7) is 3.91. The van der Waals surface area contributed by atoms with Gasteiger partial charge < -0.3 is 19.8 Å². The Bertz CT molecular complexity index is 1250. The number of Topliss-reactive ketones (excluding diaryl/α,β-unsaturated/α-hetero) is 1. The minimum absolute atomic E-state index is 0.0520. The van der Waals surface area contributed by atoms with Crippen LogP contribution in [0.2, 0.25) is 0 Å². The second-order valence-electron chi connectivity index (χ2n) is 8.05. The van der Waals surface area contributed by atoms with Crippen molar-refractivity contribution in [3.63, 3.8) is 0 Å². The molecule has 0 radical (unpaired) electrons. The molecular weight excluding hydrogens is 436 g/mol. The number of aromatic amines is 1. The largest absolute Gasteiger partial charge is 0.454 e. The maximum atomic E-state index is 13.2. The summed E-state index contributed by atoms with van der Waals surface area (Å²) in [6.07, 6.45) is 1.57. The molecule has 11 heteroatoms. The van der Waals surface area contributed by atoms with Crippen LogP contribution in [0.1, 0.15) is 50.2 Å². The van der Waals surface area contributed by atoms with Gasteiger partial charge in [0.2, 0.25) is 6.79 Å². The lowest BCUT2D eigenvalue weighted by atomic mass is 9.76. The molecule has 0 saturated carbocycles. The van der Waals surface area contributed by atoms with Crippen LogP contribution in [0.15, 0.2) is 33.4 Å². The number of anilines is 1. The summed E-state index contributed by atoms with van der Waals surface area (Å²) in [7, 11) is 0. The van der Waals surface area contributed by atoms with Gasteiger partial charge >= 0.3 is 0 Å². The highest BCUT2D eigenvalue weighted by molar-refractivity contribution is 7.99. The van der Waals surface area contributed by atoms with E-state index in [1.54, 1.807) is 0 Å². The standard InChI is InChI=1S/C21H20N4O6S/c1-9(2)32-21-23-19-18(20(27)24-21)16(17-11(22-19)4-3-5-13(17)26)10-6-14-15(31-8-30-14)7-12(10)25(28)29/h6-7,9,16H,3-5,8H2,1-2H3,(H2,22,23,24,27). The van der Waals surface area contributed by atoms with E-state index in [1.807, 2.05) is 13.8 Å². The predicted molar refractivity (Wildman–Crippen MR) is 116 cm³/mol. The summed E-state index contributed by atoms with van der Waals surface area (Å²) >= 11 is 1.40. The zero-order chi connectivity index (χ0) is 22.6. The van der Waals surface area contributed by atoms with Gasteiger partial charge in [0.15, 0.2) is 22.4 Å². The van der Waals surface area contributed by atoms with Gasteiger partial charge in [0.1, 0.15) is 5.82 Å². The van der Waals surface area contributed by atoms with Crippen molar-refractivity contribution < 1.29 is 19.2 Å². The van der Waals surface area contributed by atoms with E-state index in [0.29, 0.717) is 47.3 Å². The number of nitrogens with one attached hydrogen (secondary N) is 2. The normalized spacial score (nSPS) is 19.0. The number of carbonyl (C=O) groups excluding carboxylic acids is 1. The number of fused-ring (bicyclic) bond motifs is 2. The zero-order valence-corrected chi connectivity index (χ0v) is 18.2.